The Bertz CT molecular complexity index is 621. The number of rotatable bonds is 6. The quantitative estimate of drug-likeness (QED) is 0.767. The van der Waals surface area contributed by atoms with E-state index >= 15 is 0 Å². The molecule has 0 spiro atoms. The zero-order valence-corrected chi connectivity index (χ0v) is 15.0. The summed E-state index contributed by atoms with van der Waals surface area (Å²) in [7, 11) is 0. The Labute approximate surface area is 153 Å². The number of amides is 1. The summed E-state index contributed by atoms with van der Waals surface area (Å²) in [5.74, 6) is -0.215. The molecule has 3 aliphatic heterocycles. The predicted octanol–water partition coefficient (Wildman–Crippen LogP) is 1.55. The van der Waals surface area contributed by atoms with E-state index in [4.69, 9.17) is 9.47 Å². The summed E-state index contributed by atoms with van der Waals surface area (Å²) < 4.78 is 24.0. The number of hydrogen-bond donors (Lipinski definition) is 0. The van der Waals surface area contributed by atoms with Gasteiger partial charge in [-0.15, -0.1) is 0 Å². The van der Waals surface area contributed by atoms with Gasteiger partial charge < -0.3 is 14.4 Å². The van der Waals surface area contributed by atoms with Gasteiger partial charge in [0.2, 0.25) is 0 Å². The third kappa shape index (κ3) is 4.00. The van der Waals surface area contributed by atoms with Crippen LogP contribution < -0.4 is 0 Å². The fraction of sp³-hybridized carbons (Fsp3) is 0.632. The number of fused-ring (bicyclic) bond motifs is 1. The molecule has 6 nitrogen and oxygen atoms in total. The molecule has 3 fully saturated rings. The summed E-state index contributed by atoms with van der Waals surface area (Å²) >= 11 is 0. The molecule has 0 N–H and O–H groups in total. The van der Waals surface area contributed by atoms with Crippen LogP contribution in [0.1, 0.15) is 12.0 Å². The molecule has 1 amide bonds. The van der Waals surface area contributed by atoms with Gasteiger partial charge in [0.05, 0.1) is 19.3 Å². The van der Waals surface area contributed by atoms with Crippen LogP contribution in [0.25, 0.3) is 0 Å². The van der Waals surface area contributed by atoms with Crippen LogP contribution in [-0.4, -0.2) is 85.4 Å². The molecule has 1 aromatic carbocycles. The Kier molecular flexibility index (Phi) is 5.38. The third-order valence-corrected chi connectivity index (χ3v) is 5.50. The van der Waals surface area contributed by atoms with Gasteiger partial charge in [-0.05, 0) is 24.1 Å². The molecule has 1 aromatic rings. The molecule has 26 heavy (non-hydrogen) atoms. The maximum absolute atomic E-state index is 13.0. The summed E-state index contributed by atoms with van der Waals surface area (Å²) in [6.07, 6.45) is 0.728. The molecule has 0 radical (unpaired) electrons. The Morgan fingerprint density at radius 3 is 2.58 bits per heavy atom. The second-order valence-electron chi connectivity index (χ2n) is 7.31. The topological polar surface area (TPSA) is 45.2 Å². The highest BCUT2D eigenvalue weighted by Crippen LogP contribution is 2.28. The summed E-state index contributed by atoms with van der Waals surface area (Å²) in [4.78, 5) is 18.7. The molecule has 7 heteroatoms. The van der Waals surface area contributed by atoms with E-state index < -0.39 is 0 Å². The average molecular weight is 363 g/mol. The summed E-state index contributed by atoms with van der Waals surface area (Å²) in [5.41, 5.74) is 1.08. The van der Waals surface area contributed by atoms with Gasteiger partial charge >= 0.3 is 6.09 Å². The van der Waals surface area contributed by atoms with E-state index in [1.165, 1.54) is 12.1 Å². The second-order valence-corrected chi connectivity index (χ2v) is 7.31. The van der Waals surface area contributed by atoms with Gasteiger partial charge in [-0.25, -0.2) is 9.18 Å². The highest BCUT2D eigenvalue weighted by Gasteiger charge is 2.47. The fourth-order valence-corrected chi connectivity index (χ4v) is 4.10. The molecule has 0 aromatic heterocycles. The molecule has 3 aliphatic rings. The summed E-state index contributed by atoms with van der Waals surface area (Å²) in [6.45, 7) is 7.59. The fourth-order valence-electron chi connectivity index (χ4n) is 4.10. The molecule has 3 heterocycles. The summed E-state index contributed by atoms with van der Waals surface area (Å²) in [6, 6.07) is 6.74. The van der Waals surface area contributed by atoms with Gasteiger partial charge in [-0.2, -0.15) is 0 Å². The highest BCUT2D eigenvalue weighted by atomic mass is 19.1. The third-order valence-electron chi connectivity index (χ3n) is 5.50. The van der Waals surface area contributed by atoms with Gasteiger partial charge in [0.1, 0.15) is 11.9 Å². The first-order valence-corrected chi connectivity index (χ1v) is 9.43. The van der Waals surface area contributed by atoms with Crippen molar-refractivity contribution in [1.29, 1.82) is 0 Å². The van der Waals surface area contributed by atoms with Gasteiger partial charge in [-0.1, -0.05) is 12.1 Å². The lowest BCUT2D eigenvalue weighted by Gasteiger charge is -2.28. The molecule has 0 unspecified atom stereocenters. The van der Waals surface area contributed by atoms with E-state index in [1.807, 2.05) is 17.0 Å². The standard InChI is InChI=1S/C19H26FN3O3/c20-16-4-2-15(3-5-16)12-22-13-17-18(14-22)26-19(24)23(17)7-1-6-21-8-10-25-11-9-21/h2-5,17-18H,1,6-14H2/t17-,18+/m0/s1. The minimum Gasteiger partial charge on any atom is -0.442 e. The van der Waals surface area contributed by atoms with Crippen molar-refractivity contribution in [2.24, 2.45) is 0 Å². The van der Waals surface area contributed by atoms with Crippen molar-refractivity contribution in [2.75, 3.05) is 52.5 Å². The molecule has 3 saturated heterocycles. The maximum atomic E-state index is 13.0. The lowest BCUT2D eigenvalue weighted by molar-refractivity contribution is 0.0362. The van der Waals surface area contributed by atoms with Gasteiger partial charge in [-0.3, -0.25) is 9.80 Å². The van der Waals surface area contributed by atoms with Crippen LogP contribution in [0, 0.1) is 5.82 Å². The molecular formula is C19H26FN3O3. The van der Waals surface area contributed by atoms with Crippen LogP contribution in [0.15, 0.2) is 24.3 Å². The molecule has 4 rings (SSSR count). The minimum absolute atomic E-state index is 0.0497. The Hall–Kier alpha value is -1.70. The monoisotopic (exact) mass is 363 g/mol. The van der Waals surface area contributed by atoms with E-state index in [1.54, 1.807) is 0 Å². The van der Waals surface area contributed by atoms with Crippen molar-refractivity contribution in [1.82, 2.24) is 14.7 Å². The van der Waals surface area contributed by atoms with Crippen LogP contribution >= 0.6 is 0 Å². The van der Waals surface area contributed by atoms with Gasteiger partial charge in [0, 0.05) is 45.8 Å². The van der Waals surface area contributed by atoms with Crippen LogP contribution in [-0.2, 0) is 16.0 Å². The number of halogens is 1. The molecular weight excluding hydrogens is 337 g/mol. The number of hydrogen-bond acceptors (Lipinski definition) is 5. The van der Waals surface area contributed by atoms with Crippen LogP contribution in [0.4, 0.5) is 9.18 Å². The van der Waals surface area contributed by atoms with Crippen molar-refractivity contribution in [3.63, 3.8) is 0 Å². The van der Waals surface area contributed by atoms with E-state index in [0.29, 0.717) is 0 Å². The van der Waals surface area contributed by atoms with Crippen molar-refractivity contribution >= 4 is 6.09 Å². The van der Waals surface area contributed by atoms with Gasteiger partial charge in [0.15, 0.2) is 0 Å². The maximum Gasteiger partial charge on any atom is 0.410 e. The van der Waals surface area contributed by atoms with Crippen LogP contribution in [0.2, 0.25) is 0 Å². The van der Waals surface area contributed by atoms with E-state index in [9.17, 15) is 9.18 Å². The van der Waals surface area contributed by atoms with Crippen molar-refractivity contribution in [2.45, 2.75) is 25.1 Å². The number of ether oxygens (including phenoxy) is 2. The minimum atomic E-state index is -0.215. The summed E-state index contributed by atoms with van der Waals surface area (Å²) in [5, 5.41) is 0. The lowest BCUT2D eigenvalue weighted by Crippen LogP contribution is -2.41. The highest BCUT2D eigenvalue weighted by molar-refractivity contribution is 5.71. The van der Waals surface area contributed by atoms with Crippen molar-refractivity contribution < 1.29 is 18.7 Å². The zero-order valence-electron chi connectivity index (χ0n) is 15.0. The number of carbonyl (C=O) groups is 1. The van der Waals surface area contributed by atoms with Crippen molar-refractivity contribution in [3.05, 3.63) is 35.6 Å². The largest absolute Gasteiger partial charge is 0.442 e. The van der Waals surface area contributed by atoms with E-state index in [2.05, 4.69) is 9.80 Å². The lowest BCUT2D eigenvalue weighted by atomic mass is 10.2. The first kappa shape index (κ1) is 17.7. The smallest absolute Gasteiger partial charge is 0.410 e. The normalized spacial score (nSPS) is 27.0. The number of morpholine rings is 1. The number of benzene rings is 1. The molecule has 0 bridgehead atoms. The molecule has 0 aliphatic carbocycles. The van der Waals surface area contributed by atoms with E-state index in [0.717, 1.165) is 71.0 Å². The zero-order chi connectivity index (χ0) is 17.9. The Morgan fingerprint density at radius 2 is 1.81 bits per heavy atom. The van der Waals surface area contributed by atoms with E-state index in [-0.39, 0.29) is 24.1 Å². The Morgan fingerprint density at radius 1 is 1.04 bits per heavy atom. The van der Waals surface area contributed by atoms with Gasteiger partial charge in [0.25, 0.3) is 0 Å². The first-order valence-electron chi connectivity index (χ1n) is 9.43. The Balaban J connectivity index is 1.27. The predicted molar refractivity (Wildman–Crippen MR) is 94.3 cm³/mol. The number of carbonyl (C=O) groups excluding carboxylic acids is 1. The molecule has 142 valence electrons. The molecule has 0 saturated carbocycles. The number of nitrogens with zero attached hydrogens (tertiary/aromatic N) is 3. The van der Waals surface area contributed by atoms with Crippen LogP contribution in [0.3, 0.4) is 0 Å². The van der Waals surface area contributed by atoms with Crippen molar-refractivity contribution in [3.8, 4) is 0 Å². The number of likely N-dealkylation sites (tertiary alicyclic amines) is 1. The SMILES string of the molecule is O=C1O[C@@H]2CN(Cc3ccc(F)cc3)C[C@@H]2N1CCCN1CCOCC1. The van der Waals surface area contributed by atoms with Crippen LogP contribution in [0.5, 0.6) is 0 Å². The molecule has 2 atom stereocenters. The second kappa shape index (κ2) is 7.90. The first-order chi connectivity index (χ1) is 12.7. The average Bonchev–Trinajstić information content (AvgIpc) is 3.15.